The number of carbonyl (C=O) groups excluding carboxylic acids is 1. The molecule has 1 aliphatic heterocycles. The number of amides is 1. The Hall–Kier alpha value is -2.73. The van der Waals surface area contributed by atoms with E-state index in [0.717, 1.165) is 27.9 Å². The monoisotopic (exact) mass is 362 g/mol. The first kappa shape index (κ1) is 16.7. The Morgan fingerprint density at radius 3 is 2.50 bits per heavy atom. The van der Waals surface area contributed by atoms with Crippen LogP contribution in [-0.2, 0) is 4.79 Å². The Bertz CT molecular complexity index is 1000. The fourth-order valence-corrected chi connectivity index (χ4v) is 3.61. The summed E-state index contributed by atoms with van der Waals surface area (Å²) in [6.45, 7) is 1.55. The largest absolute Gasteiger partial charge is 0.273 e. The third kappa shape index (κ3) is 3.08. The van der Waals surface area contributed by atoms with E-state index in [9.17, 15) is 4.79 Å². The quantitative estimate of drug-likeness (QED) is 0.660. The van der Waals surface area contributed by atoms with Crippen molar-refractivity contribution in [3.8, 4) is 0 Å². The highest BCUT2D eigenvalue weighted by Crippen LogP contribution is 2.34. The number of carbonyl (C=O) groups is 1. The smallest absolute Gasteiger partial charge is 0.240 e. The molecule has 6 heteroatoms. The molecule has 4 rings (SSSR count). The average molecular weight is 362 g/mol. The van der Waals surface area contributed by atoms with Gasteiger partial charge in [0.2, 0.25) is 5.91 Å². The highest BCUT2D eigenvalue weighted by Gasteiger charge is 2.31. The van der Waals surface area contributed by atoms with Crippen molar-refractivity contribution in [2.45, 2.75) is 24.3 Å². The number of thioether (sulfide) groups is 1. The predicted octanol–water partition coefficient (Wildman–Crippen LogP) is 4.05. The van der Waals surface area contributed by atoms with Gasteiger partial charge in [0.05, 0.1) is 22.8 Å². The Morgan fingerprint density at radius 2 is 1.81 bits per heavy atom. The Kier molecular flexibility index (Phi) is 4.42. The predicted molar refractivity (Wildman–Crippen MR) is 104 cm³/mol. The Balaban J connectivity index is 1.68. The molecule has 1 amide bonds. The van der Waals surface area contributed by atoms with Crippen molar-refractivity contribution in [1.82, 2.24) is 15.0 Å². The lowest BCUT2D eigenvalue weighted by molar-refractivity contribution is -0.130. The van der Waals surface area contributed by atoms with Crippen LogP contribution in [0.25, 0.3) is 11.0 Å². The van der Waals surface area contributed by atoms with Gasteiger partial charge in [-0.05, 0) is 41.6 Å². The highest BCUT2D eigenvalue weighted by molar-refractivity contribution is 7.98. The molecular weight excluding hydrogens is 344 g/mol. The van der Waals surface area contributed by atoms with Crippen LogP contribution in [0.3, 0.4) is 0 Å². The van der Waals surface area contributed by atoms with E-state index in [1.165, 1.54) is 4.90 Å². The molecule has 0 radical (unpaired) electrons. The minimum absolute atomic E-state index is 0.0648. The minimum atomic E-state index is -0.117. The molecule has 2 heterocycles. The topological polar surface area (TPSA) is 58.5 Å². The summed E-state index contributed by atoms with van der Waals surface area (Å²) in [5.41, 5.74) is 4.67. The van der Waals surface area contributed by atoms with Gasteiger partial charge in [0.1, 0.15) is 0 Å². The van der Waals surface area contributed by atoms with Gasteiger partial charge in [0.25, 0.3) is 0 Å². The summed E-state index contributed by atoms with van der Waals surface area (Å²) >= 11 is 1.71. The lowest BCUT2D eigenvalue weighted by Crippen LogP contribution is -2.24. The number of fused-ring (bicyclic) bond motifs is 1. The lowest BCUT2D eigenvalue weighted by Gasteiger charge is -2.20. The molecule has 3 aromatic rings. The molecule has 2 aromatic carbocycles. The number of rotatable bonds is 3. The number of hydrogen-bond donors (Lipinski definition) is 0. The maximum Gasteiger partial charge on any atom is 0.240 e. The van der Waals surface area contributed by atoms with E-state index >= 15 is 0 Å². The zero-order chi connectivity index (χ0) is 18.1. The fraction of sp³-hybridized carbons (Fsp3) is 0.200. The molecule has 0 bridgehead atoms. The maximum absolute atomic E-state index is 12.2. The normalized spacial score (nSPS) is 16.8. The third-order valence-corrected chi connectivity index (χ3v) is 5.28. The average Bonchev–Trinajstić information content (AvgIpc) is 3.13. The number of hydrazone groups is 1. The van der Waals surface area contributed by atoms with Gasteiger partial charge in [-0.15, -0.1) is 11.8 Å². The Labute approximate surface area is 156 Å². The molecular formula is C20H18N4OS. The van der Waals surface area contributed by atoms with Crippen LogP contribution in [0.4, 0.5) is 0 Å². The van der Waals surface area contributed by atoms with Gasteiger partial charge in [-0.2, -0.15) is 5.10 Å². The van der Waals surface area contributed by atoms with E-state index in [0.29, 0.717) is 6.42 Å². The second-order valence-electron chi connectivity index (χ2n) is 6.16. The molecule has 1 aromatic heterocycles. The Morgan fingerprint density at radius 1 is 1.08 bits per heavy atom. The number of benzene rings is 2. The van der Waals surface area contributed by atoms with Crippen LogP contribution < -0.4 is 0 Å². The van der Waals surface area contributed by atoms with Gasteiger partial charge in [0, 0.05) is 30.6 Å². The van der Waals surface area contributed by atoms with Crippen LogP contribution in [-0.4, -0.2) is 32.9 Å². The van der Waals surface area contributed by atoms with E-state index in [1.807, 2.05) is 18.2 Å². The van der Waals surface area contributed by atoms with Crippen molar-refractivity contribution >= 4 is 34.4 Å². The van der Waals surface area contributed by atoms with Crippen LogP contribution >= 0.6 is 11.8 Å². The molecule has 0 spiro atoms. The minimum Gasteiger partial charge on any atom is -0.273 e. The maximum atomic E-state index is 12.2. The van der Waals surface area contributed by atoms with Crippen molar-refractivity contribution < 1.29 is 4.79 Å². The van der Waals surface area contributed by atoms with Gasteiger partial charge >= 0.3 is 0 Å². The molecule has 0 aliphatic carbocycles. The van der Waals surface area contributed by atoms with E-state index in [4.69, 9.17) is 0 Å². The van der Waals surface area contributed by atoms with Crippen molar-refractivity contribution in [3.05, 3.63) is 66.0 Å². The molecule has 0 fully saturated rings. The number of aromatic nitrogens is 2. The van der Waals surface area contributed by atoms with Crippen molar-refractivity contribution in [3.63, 3.8) is 0 Å². The summed E-state index contributed by atoms with van der Waals surface area (Å²) in [6, 6.07) is 14.1. The van der Waals surface area contributed by atoms with Crippen LogP contribution in [0.5, 0.6) is 0 Å². The number of hydrogen-bond acceptors (Lipinski definition) is 5. The molecule has 130 valence electrons. The van der Waals surface area contributed by atoms with E-state index in [2.05, 4.69) is 45.6 Å². The molecule has 0 N–H and O–H groups in total. The zero-order valence-corrected chi connectivity index (χ0v) is 15.4. The first-order chi connectivity index (χ1) is 12.7. The van der Waals surface area contributed by atoms with Gasteiger partial charge in [0.15, 0.2) is 0 Å². The molecule has 0 saturated heterocycles. The number of nitrogens with zero attached hydrogens (tertiary/aromatic N) is 4. The van der Waals surface area contributed by atoms with E-state index in [-0.39, 0.29) is 11.9 Å². The molecule has 1 aliphatic rings. The van der Waals surface area contributed by atoms with Gasteiger partial charge in [-0.1, -0.05) is 18.2 Å². The zero-order valence-electron chi connectivity index (χ0n) is 14.6. The summed E-state index contributed by atoms with van der Waals surface area (Å²) in [5.74, 6) is -0.0648. The SMILES string of the molecule is CSc1ccc(C2=NN(C(C)=O)[C@H](c3ccc4nccnc4c3)C2)cc1. The second kappa shape index (κ2) is 6.88. The molecule has 0 unspecified atom stereocenters. The van der Waals surface area contributed by atoms with E-state index < -0.39 is 0 Å². The fourth-order valence-electron chi connectivity index (χ4n) is 3.21. The van der Waals surface area contributed by atoms with Crippen molar-refractivity contribution in [2.75, 3.05) is 6.26 Å². The first-order valence-electron chi connectivity index (χ1n) is 8.38. The summed E-state index contributed by atoms with van der Waals surface area (Å²) in [4.78, 5) is 22.0. The lowest BCUT2D eigenvalue weighted by atomic mass is 9.98. The van der Waals surface area contributed by atoms with Crippen LogP contribution in [0.2, 0.25) is 0 Å². The standard InChI is InChI=1S/C20H18N4OS/c1-13(25)24-20(15-5-8-17-19(11-15)22-10-9-21-17)12-18(23-24)14-3-6-16(26-2)7-4-14/h3-11,20H,12H2,1-2H3/t20-/m0/s1. The summed E-state index contributed by atoms with van der Waals surface area (Å²) in [5, 5.41) is 6.19. The summed E-state index contributed by atoms with van der Waals surface area (Å²) in [6.07, 6.45) is 6.10. The highest BCUT2D eigenvalue weighted by atomic mass is 32.2. The molecule has 1 atom stereocenters. The van der Waals surface area contributed by atoms with Gasteiger partial charge in [-0.3, -0.25) is 14.8 Å². The molecule has 5 nitrogen and oxygen atoms in total. The molecule has 0 saturated carbocycles. The summed E-state index contributed by atoms with van der Waals surface area (Å²) < 4.78 is 0. The van der Waals surface area contributed by atoms with Crippen molar-refractivity contribution in [2.24, 2.45) is 5.10 Å². The third-order valence-electron chi connectivity index (χ3n) is 4.53. The van der Waals surface area contributed by atoms with Gasteiger partial charge < -0.3 is 0 Å². The van der Waals surface area contributed by atoms with Crippen LogP contribution in [0.1, 0.15) is 30.5 Å². The van der Waals surface area contributed by atoms with Gasteiger partial charge in [-0.25, -0.2) is 5.01 Å². The van der Waals surface area contributed by atoms with Crippen LogP contribution in [0, 0.1) is 0 Å². The first-order valence-corrected chi connectivity index (χ1v) is 9.60. The van der Waals surface area contributed by atoms with E-state index in [1.54, 1.807) is 36.1 Å². The summed E-state index contributed by atoms with van der Waals surface area (Å²) in [7, 11) is 0. The van der Waals surface area contributed by atoms with Crippen molar-refractivity contribution in [1.29, 1.82) is 0 Å². The molecule has 26 heavy (non-hydrogen) atoms. The van der Waals surface area contributed by atoms with Crippen LogP contribution in [0.15, 0.2) is 64.9 Å². The second-order valence-corrected chi connectivity index (χ2v) is 7.04.